The molecule has 0 spiro atoms. The Balaban J connectivity index is 2.67. The van der Waals surface area contributed by atoms with Crippen LogP contribution in [0.2, 0.25) is 5.02 Å². The van der Waals surface area contributed by atoms with E-state index in [0.717, 1.165) is 11.1 Å². The van der Waals surface area contributed by atoms with Crippen LogP contribution in [0.4, 0.5) is 0 Å². The van der Waals surface area contributed by atoms with Crippen molar-refractivity contribution in [3.05, 3.63) is 40.4 Å². The maximum Gasteiger partial charge on any atom is 0.330 e. The summed E-state index contributed by atoms with van der Waals surface area (Å²) in [6, 6.07) is 4.31. The van der Waals surface area contributed by atoms with E-state index in [1.54, 1.807) is 12.1 Å². The number of amides is 1. The molecule has 1 amide bonds. The van der Waals surface area contributed by atoms with Crippen LogP contribution in [-0.4, -0.2) is 36.7 Å². The van der Waals surface area contributed by atoms with Gasteiger partial charge in [0, 0.05) is 11.1 Å². The van der Waals surface area contributed by atoms with Crippen LogP contribution in [-0.2, 0) is 14.3 Å². The van der Waals surface area contributed by atoms with Gasteiger partial charge in [-0.2, -0.15) is 0 Å². The van der Waals surface area contributed by atoms with Crippen LogP contribution in [0.3, 0.4) is 0 Å². The zero-order valence-electron chi connectivity index (χ0n) is 11.2. The molecule has 0 aromatic heterocycles. The second-order valence-electron chi connectivity index (χ2n) is 4.11. The number of esters is 1. The number of rotatable bonds is 5. The van der Waals surface area contributed by atoms with Crippen LogP contribution in [0, 0.1) is 6.92 Å². The number of methoxy groups -OCH3 is 1. The molecule has 0 unspecified atom stereocenters. The van der Waals surface area contributed by atoms with Crippen molar-refractivity contribution < 1.29 is 19.4 Å². The highest BCUT2D eigenvalue weighted by Crippen LogP contribution is 2.17. The van der Waals surface area contributed by atoms with Gasteiger partial charge in [-0.15, -0.1) is 0 Å². The van der Waals surface area contributed by atoms with Crippen molar-refractivity contribution in [1.82, 2.24) is 5.32 Å². The molecule has 1 rings (SSSR count). The number of hydrogen-bond acceptors (Lipinski definition) is 4. The standard InChI is InChI=1S/C14H16ClNO4/c1-9-3-4-10(7-11(9)15)5-6-13(18)16-12(8-17)14(19)20-2/h3-7,12,17H,8H2,1-2H3,(H,16,18)/b6-5+/t12-/m1/s1. The van der Waals surface area contributed by atoms with E-state index in [4.69, 9.17) is 16.7 Å². The fourth-order valence-corrected chi connectivity index (χ4v) is 1.61. The molecule has 0 radical (unpaired) electrons. The molecule has 1 aromatic carbocycles. The number of aryl methyl sites for hydroxylation is 1. The number of hydrogen-bond donors (Lipinski definition) is 2. The van der Waals surface area contributed by atoms with Gasteiger partial charge in [0.2, 0.25) is 5.91 Å². The molecule has 2 N–H and O–H groups in total. The fraction of sp³-hybridized carbons (Fsp3) is 0.286. The number of halogens is 1. The quantitative estimate of drug-likeness (QED) is 0.635. The first-order chi connectivity index (χ1) is 9.47. The molecule has 108 valence electrons. The third-order valence-electron chi connectivity index (χ3n) is 2.61. The van der Waals surface area contributed by atoms with E-state index in [1.807, 2.05) is 19.1 Å². The van der Waals surface area contributed by atoms with Gasteiger partial charge >= 0.3 is 5.97 Å². The Labute approximate surface area is 122 Å². The third-order valence-corrected chi connectivity index (χ3v) is 3.02. The highest BCUT2D eigenvalue weighted by atomic mass is 35.5. The first-order valence-corrected chi connectivity index (χ1v) is 6.29. The lowest BCUT2D eigenvalue weighted by atomic mass is 10.1. The van der Waals surface area contributed by atoms with E-state index in [2.05, 4.69) is 10.1 Å². The summed E-state index contributed by atoms with van der Waals surface area (Å²) in [5.74, 6) is -1.21. The summed E-state index contributed by atoms with van der Waals surface area (Å²) in [6.07, 6.45) is 2.82. The van der Waals surface area contributed by atoms with E-state index in [0.29, 0.717) is 5.02 Å². The van der Waals surface area contributed by atoms with Gasteiger partial charge in [-0.1, -0.05) is 23.7 Å². The molecule has 0 bridgehead atoms. The molecule has 0 saturated heterocycles. The predicted molar refractivity (Wildman–Crippen MR) is 76.3 cm³/mol. The Kier molecular flexibility index (Phi) is 6.21. The van der Waals surface area contributed by atoms with Crippen LogP contribution in [0.15, 0.2) is 24.3 Å². The summed E-state index contributed by atoms with van der Waals surface area (Å²) in [5, 5.41) is 11.9. The Bertz CT molecular complexity index is 528. The van der Waals surface area contributed by atoms with Crippen LogP contribution < -0.4 is 5.32 Å². The van der Waals surface area contributed by atoms with Gasteiger partial charge < -0.3 is 15.2 Å². The lowest BCUT2D eigenvalue weighted by Crippen LogP contribution is -2.43. The van der Waals surface area contributed by atoms with Crippen molar-refractivity contribution in [1.29, 1.82) is 0 Å². The maximum absolute atomic E-state index is 11.6. The van der Waals surface area contributed by atoms with Crippen molar-refractivity contribution in [2.24, 2.45) is 0 Å². The van der Waals surface area contributed by atoms with Crippen molar-refractivity contribution in [3.8, 4) is 0 Å². The van der Waals surface area contributed by atoms with E-state index in [9.17, 15) is 9.59 Å². The van der Waals surface area contributed by atoms with Crippen molar-refractivity contribution in [2.45, 2.75) is 13.0 Å². The van der Waals surface area contributed by atoms with Gasteiger partial charge in [0.25, 0.3) is 0 Å². The van der Waals surface area contributed by atoms with E-state index >= 15 is 0 Å². The molecule has 0 fully saturated rings. The van der Waals surface area contributed by atoms with Crippen LogP contribution in [0.5, 0.6) is 0 Å². The van der Waals surface area contributed by atoms with Crippen LogP contribution in [0.25, 0.3) is 6.08 Å². The summed E-state index contributed by atoms with van der Waals surface area (Å²) < 4.78 is 4.44. The summed E-state index contributed by atoms with van der Waals surface area (Å²) >= 11 is 5.97. The van der Waals surface area contributed by atoms with Gasteiger partial charge in [-0.3, -0.25) is 4.79 Å². The highest BCUT2D eigenvalue weighted by molar-refractivity contribution is 6.31. The summed E-state index contributed by atoms with van der Waals surface area (Å²) in [5.41, 5.74) is 1.70. The van der Waals surface area contributed by atoms with E-state index < -0.39 is 24.5 Å². The number of ether oxygens (including phenoxy) is 1. The molecule has 0 aliphatic rings. The number of benzene rings is 1. The summed E-state index contributed by atoms with van der Waals surface area (Å²) in [7, 11) is 1.18. The Morgan fingerprint density at radius 1 is 1.50 bits per heavy atom. The molecule has 0 saturated carbocycles. The molecular formula is C14H16ClNO4. The number of carbonyl (C=O) groups is 2. The summed E-state index contributed by atoms with van der Waals surface area (Å²) in [4.78, 5) is 22.8. The zero-order chi connectivity index (χ0) is 15.1. The van der Waals surface area contributed by atoms with Crippen molar-refractivity contribution in [3.63, 3.8) is 0 Å². The van der Waals surface area contributed by atoms with E-state index in [-0.39, 0.29) is 0 Å². The minimum absolute atomic E-state index is 0.508. The number of carbonyl (C=O) groups excluding carboxylic acids is 2. The molecule has 0 heterocycles. The Morgan fingerprint density at radius 2 is 2.20 bits per heavy atom. The Hall–Kier alpha value is -1.85. The zero-order valence-corrected chi connectivity index (χ0v) is 12.0. The number of aliphatic hydroxyl groups excluding tert-OH is 1. The maximum atomic E-state index is 11.6. The number of nitrogens with one attached hydrogen (secondary N) is 1. The molecule has 0 aliphatic heterocycles. The lowest BCUT2D eigenvalue weighted by Gasteiger charge is -2.11. The topological polar surface area (TPSA) is 75.6 Å². The molecule has 20 heavy (non-hydrogen) atoms. The Morgan fingerprint density at radius 3 is 2.75 bits per heavy atom. The van der Waals surface area contributed by atoms with Gasteiger partial charge in [-0.05, 0) is 30.2 Å². The van der Waals surface area contributed by atoms with Crippen LogP contribution in [0.1, 0.15) is 11.1 Å². The lowest BCUT2D eigenvalue weighted by molar-refractivity contribution is -0.145. The molecule has 6 heteroatoms. The largest absolute Gasteiger partial charge is 0.467 e. The number of aliphatic hydroxyl groups is 1. The van der Waals surface area contributed by atoms with Gasteiger partial charge in [0.1, 0.15) is 0 Å². The normalized spacial score (nSPS) is 12.2. The molecule has 0 aliphatic carbocycles. The van der Waals surface area contributed by atoms with Gasteiger partial charge in [0.15, 0.2) is 6.04 Å². The second-order valence-corrected chi connectivity index (χ2v) is 4.52. The van der Waals surface area contributed by atoms with Crippen LogP contribution >= 0.6 is 11.6 Å². The first kappa shape index (κ1) is 16.2. The second kappa shape index (κ2) is 7.67. The smallest absolute Gasteiger partial charge is 0.330 e. The molecular weight excluding hydrogens is 282 g/mol. The predicted octanol–water partition coefficient (Wildman–Crippen LogP) is 1.31. The molecule has 1 atom stereocenters. The SMILES string of the molecule is COC(=O)[C@@H](CO)NC(=O)/C=C/c1ccc(C)c(Cl)c1. The van der Waals surface area contributed by atoms with Crippen molar-refractivity contribution in [2.75, 3.05) is 13.7 Å². The average molecular weight is 298 g/mol. The minimum atomic E-state index is -1.07. The third kappa shape index (κ3) is 4.68. The highest BCUT2D eigenvalue weighted by Gasteiger charge is 2.18. The minimum Gasteiger partial charge on any atom is -0.467 e. The van der Waals surface area contributed by atoms with Gasteiger partial charge in [-0.25, -0.2) is 4.79 Å². The van der Waals surface area contributed by atoms with Crippen molar-refractivity contribution >= 4 is 29.6 Å². The molecule has 5 nitrogen and oxygen atoms in total. The first-order valence-electron chi connectivity index (χ1n) is 5.91. The van der Waals surface area contributed by atoms with E-state index in [1.165, 1.54) is 13.2 Å². The fourth-order valence-electron chi connectivity index (χ4n) is 1.43. The summed E-state index contributed by atoms with van der Waals surface area (Å²) in [6.45, 7) is 1.35. The van der Waals surface area contributed by atoms with Gasteiger partial charge in [0.05, 0.1) is 13.7 Å². The molecule has 1 aromatic rings. The average Bonchev–Trinajstić information content (AvgIpc) is 2.45. The monoisotopic (exact) mass is 297 g/mol.